The van der Waals surface area contributed by atoms with Crippen molar-refractivity contribution in [3.05, 3.63) is 12.2 Å². The summed E-state index contributed by atoms with van der Waals surface area (Å²) in [5, 5.41) is 2.75. The molecule has 0 saturated carbocycles. The molecule has 0 aromatic heterocycles. The van der Waals surface area contributed by atoms with Crippen LogP contribution >= 0.6 is 0 Å². The molecule has 6 heteroatoms. The average molecular weight is 282 g/mol. The van der Waals surface area contributed by atoms with E-state index in [1.54, 1.807) is 0 Å². The van der Waals surface area contributed by atoms with Crippen LogP contribution in [0, 0.1) is 0 Å². The summed E-state index contributed by atoms with van der Waals surface area (Å²) in [5.74, 6) is 4.64. The minimum atomic E-state index is -0.281. The van der Waals surface area contributed by atoms with Crippen LogP contribution in [0.15, 0.2) is 12.2 Å². The normalized spacial score (nSPS) is 23.1. The van der Waals surface area contributed by atoms with E-state index in [0.717, 1.165) is 18.4 Å². The lowest BCUT2D eigenvalue weighted by atomic mass is 9.92. The third kappa shape index (κ3) is 4.94. The van der Waals surface area contributed by atoms with Gasteiger partial charge in [-0.05, 0) is 26.7 Å². The predicted molar refractivity (Wildman–Crippen MR) is 78.6 cm³/mol. The van der Waals surface area contributed by atoms with Crippen LogP contribution in [0.25, 0.3) is 0 Å². The summed E-state index contributed by atoms with van der Waals surface area (Å²) >= 11 is 0. The first kappa shape index (κ1) is 16.7. The van der Waals surface area contributed by atoms with E-state index in [2.05, 4.69) is 23.7 Å². The fourth-order valence-electron chi connectivity index (χ4n) is 2.65. The minimum Gasteiger partial charge on any atom is -0.354 e. The van der Waals surface area contributed by atoms with Gasteiger partial charge in [-0.1, -0.05) is 18.6 Å². The van der Waals surface area contributed by atoms with Crippen molar-refractivity contribution in [1.29, 1.82) is 0 Å². The van der Waals surface area contributed by atoms with Crippen LogP contribution in [-0.4, -0.2) is 41.9 Å². The Bertz CT molecular complexity index is 370. The number of hydrogen-bond donors (Lipinski definition) is 3. The highest BCUT2D eigenvalue weighted by Gasteiger charge is 2.29. The van der Waals surface area contributed by atoms with Gasteiger partial charge in [0.15, 0.2) is 0 Å². The molecule has 114 valence electrons. The van der Waals surface area contributed by atoms with Crippen molar-refractivity contribution < 1.29 is 9.59 Å². The molecular formula is C14H26N4O2. The number of piperidine rings is 1. The van der Waals surface area contributed by atoms with E-state index in [9.17, 15) is 9.59 Å². The fourth-order valence-corrected chi connectivity index (χ4v) is 2.65. The SMILES string of the molecule is C=C(C)C1CCCC(C)N1CC(=O)NCCC(=O)NN. The third-order valence-corrected chi connectivity index (χ3v) is 3.80. The van der Waals surface area contributed by atoms with E-state index in [1.807, 2.05) is 12.3 Å². The van der Waals surface area contributed by atoms with Crippen molar-refractivity contribution in [2.75, 3.05) is 13.1 Å². The van der Waals surface area contributed by atoms with E-state index in [-0.39, 0.29) is 24.3 Å². The van der Waals surface area contributed by atoms with Gasteiger partial charge < -0.3 is 5.32 Å². The van der Waals surface area contributed by atoms with E-state index < -0.39 is 0 Å². The Labute approximate surface area is 120 Å². The largest absolute Gasteiger partial charge is 0.354 e. The Kier molecular flexibility index (Phi) is 6.67. The molecule has 2 amide bonds. The Balaban J connectivity index is 2.45. The standard InChI is InChI=1S/C14H26N4O2/c1-10(2)12-6-4-5-11(3)18(12)9-14(20)16-8-7-13(19)17-15/h11-12H,1,4-9,15H2,2-3H3,(H,16,20)(H,17,19). The molecule has 20 heavy (non-hydrogen) atoms. The van der Waals surface area contributed by atoms with Gasteiger partial charge in [0.1, 0.15) is 0 Å². The Hall–Kier alpha value is -1.40. The predicted octanol–water partition coefficient (Wildman–Crippen LogP) is 0.302. The molecule has 1 aliphatic rings. The summed E-state index contributed by atoms with van der Waals surface area (Å²) in [5.41, 5.74) is 3.14. The summed E-state index contributed by atoms with van der Waals surface area (Å²) in [4.78, 5) is 25.1. The zero-order valence-electron chi connectivity index (χ0n) is 12.4. The van der Waals surface area contributed by atoms with Gasteiger partial charge >= 0.3 is 0 Å². The molecule has 2 atom stereocenters. The number of nitrogens with two attached hydrogens (primary N) is 1. The zero-order chi connectivity index (χ0) is 15.1. The second-order valence-electron chi connectivity index (χ2n) is 5.48. The number of amides is 2. The lowest BCUT2D eigenvalue weighted by molar-refractivity contribution is -0.124. The van der Waals surface area contributed by atoms with Gasteiger partial charge in [0.25, 0.3) is 0 Å². The summed E-state index contributed by atoms with van der Waals surface area (Å²) in [6.07, 6.45) is 3.53. The molecule has 1 rings (SSSR count). The van der Waals surface area contributed by atoms with Crippen molar-refractivity contribution in [1.82, 2.24) is 15.6 Å². The van der Waals surface area contributed by atoms with Crippen LogP contribution in [0.2, 0.25) is 0 Å². The molecular weight excluding hydrogens is 256 g/mol. The van der Waals surface area contributed by atoms with E-state index in [1.165, 1.54) is 6.42 Å². The lowest BCUT2D eigenvalue weighted by Crippen LogP contribution is -2.50. The summed E-state index contributed by atoms with van der Waals surface area (Å²) in [6, 6.07) is 0.653. The van der Waals surface area contributed by atoms with Gasteiger partial charge in [-0.25, -0.2) is 5.84 Å². The Morgan fingerprint density at radius 3 is 2.65 bits per heavy atom. The number of rotatable bonds is 6. The van der Waals surface area contributed by atoms with Crippen molar-refractivity contribution in [3.8, 4) is 0 Å². The van der Waals surface area contributed by atoms with E-state index in [4.69, 9.17) is 5.84 Å². The van der Waals surface area contributed by atoms with Crippen LogP contribution < -0.4 is 16.6 Å². The highest BCUT2D eigenvalue weighted by atomic mass is 16.2. The molecule has 0 aliphatic carbocycles. The first-order valence-electron chi connectivity index (χ1n) is 7.13. The molecule has 1 heterocycles. The molecule has 1 fully saturated rings. The maximum absolute atomic E-state index is 11.9. The number of likely N-dealkylation sites (tertiary alicyclic amines) is 1. The zero-order valence-corrected chi connectivity index (χ0v) is 12.4. The molecule has 2 unspecified atom stereocenters. The lowest BCUT2D eigenvalue weighted by Gasteiger charge is -2.40. The first-order chi connectivity index (χ1) is 9.45. The van der Waals surface area contributed by atoms with Crippen molar-refractivity contribution in [3.63, 3.8) is 0 Å². The summed E-state index contributed by atoms with van der Waals surface area (Å²) in [7, 11) is 0. The number of carbonyl (C=O) groups is 2. The van der Waals surface area contributed by atoms with Crippen LogP contribution in [0.1, 0.15) is 39.5 Å². The number of nitrogens with zero attached hydrogens (tertiary/aromatic N) is 1. The number of carbonyl (C=O) groups excluding carboxylic acids is 2. The second kappa shape index (κ2) is 8.01. The highest BCUT2D eigenvalue weighted by molar-refractivity contribution is 5.80. The summed E-state index contributed by atoms with van der Waals surface area (Å²) in [6.45, 7) is 8.84. The van der Waals surface area contributed by atoms with Crippen molar-refractivity contribution >= 4 is 11.8 Å². The number of hydrogen-bond acceptors (Lipinski definition) is 4. The minimum absolute atomic E-state index is 0.0604. The van der Waals surface area contributed by atoms with Gasteiger partial charge in [0, 0.05) is 25.0 Å². The molecule has 4 N–H and O–H groups in total. The molecule has 0 spiro atoms. The van der Waals surface area contributed by atoms with Crippen molar-refractivity contribution in [2.24, 2.45) is 5.84 Å². The molecule has 0 aromatic carbocycles. The molecule has 0 aromatic rings. The molecule has 1 saturated heterocycles. The quantitative estimate of drug-likeness (QED) is 0.283. The third-order valence-electron chi connectivity index (χ3n) is 3.80. The first-order valence-corrected chi connectivity index (χ1v) is 7.13. The highest BCUT2D eigenvalue weighted by Crippen LogP contribution is 2.26. The topological polar surface area (TPSA) is 87.5 Å². The maximum atomic E-state index is 11.9. The molecule has 0 radical (unpaired) electrons. The number of nitrogens with one attached hydrogen (secondary N) is 2. The average Bonchev–Trinajstić information content (AvgIpc) is 2.40. The Morgan fingerprint density at radius 2 is 2.05 bits per heavy atom. The number of hydrazine groups is 1. The van der Waals surface area contributed by atoms with Crippen LogP contribution in [0.4, 0.5) is 0 Å². The molecule has 1 aliphatic heterocycles. The fraction of sp³-hybridized carbons (Fsp3) is 0.714. The van der Waals surface area contributed by atoms with Crippen LogP contribution in [0.3, 0.4) is 0 Å². The van der Waals surface area contributed by atoms with Gasteiger partial charge in [-0.3, -0.25) is 19.9 Å². The molecule has 6 nitrogen and oxygen atoms in total. The molecule has 0 bridgehead atoms. The van der Waals surface area contributed by atoms with E-state index >= 15 is 0 Å². The Morgan fingerprint density at radius 1 is 1.35 bits per heavy atom. The van der Waals surface area contributed by atoms with E-state index in [0.29, 0.717) is 19.1 Å². The summed E-state index contributed by atoms with van der Waals surface area (Å²) < 4.78 is 0. The van der Waals surface area contributed by atoms with Gasteiger partial charge in [0.05, 0.1) is 6.54 Å². The monoisotopic (exact) mass is 282 g/mol. The van der Waals surface area contributed by atoms with Gasteiger partial charge in [-0.2, -0.15) is 0 Å². The van der Waals surface area contributed by atoms with Gasteiger partial charge in [-0.15, -0.1) is 0 Å². The van der Waals surface area contributed by atoms with Gasteiger partial charge in [0.2, 0.25) is 11.8 Å². The van der Waals surface area contributed by atoms with Crippen molar-refractivity contribution in [2.45, 2.75) is 51.6 Å². The maximum Gasteiger partial charge on any atom is 0.235 e. The second-order valence-corrected chi connectivity index (χ2v) is 5.48. The smallest absolute Gasteiger partial charge is 0.235 e. The van der Waals surface area contributed by atoms with Crippen LogP contribution in [-0.2, 0) is 9.59 Å². The van der Waals surface area contributed by atoms with Crippen LogP contribution in [0.5, 0.6) is 0 Å².